The van der Waals surface area contributed by atoms with E-state index in [1.807, 2.05) is 0 Å². The minimum Gasteiger partial charge on any atom is -0.397 e. The number of thioether (sulfide) groups is 1. The van der Waals surface area contributed by atoms with Crippen molar-refractivity contribution in [1.82, 2.24) is 4.98 Å². The number of amides is 1. The summed E-state index contributed by atoms with van der Waals surface area (Å²) in [6.07, 6.45) is 3.75. The third-order valence-electron chi connectivity index (χ3n) is 1.92. The predicted molar refractivity (Wildman–Crippen MR) is 62.8 cm³/mol. The molecule has 15 heavy (non-hydrogen) atoms. The lowest BCUT2D eigenvalue weighted by molar-refractivity contribution is 0.100. The minimum absolute atomic E-state index is 0.336. The van der Waals surface area contributed by atoms with E-state index < -0.39 is 5.91 Å². The molecular weight excluding hydrogens is 210 g/mol. The van der Waals surface area contributed by atoms with Gasteiger partial charge in [0, 0.05) is 0 Å². The molecular formula is C10H15N3OS. The van der Waals surface area contributed by atoms with Gasteiger partial charge in [0.2, 0.25) is 0 Å². The topological polar surface area (TPSA) is 82.0 Å². The normalized spacial score (nSPS) is 10.2. The smallest absolute Gasteiger partial charge is 0.250 e. The van der Waals surface area contributed by atoms with Gasteiger partial charge in [-0.1, -0.05) is 13.3 Å². The van der Waals surface area contributed by atoms with Crippen LogP contribution in [-0.2, 0) is 0 Å². The van der Waals surface area contributed by atoms with E-state index in [-0.39, 0.29) is 0 Å². The molecule has 1 amide bonds. The van der Waals surface area contributed by atoms with Crippen LogP contribution in [0.15, 0.2) is 17.3 Å². The zero-order chi connectivity index (χ0) is 11.3. The summed E-state index contributed by atoms with van der Waals surface area (Å²) in [5.74, 6) is 0.485. The number of hydrogen-bond donors (Lipinski definition) is 2. The summed E-state index contributed by atoms with van der Waals surface area (Å²) in [5.41, 5.74) is 11.4. The molecule has 0 radical (unpaired) electrons. The quantitative estimate of drug-likeness (QED) is 0.589. The first-order chi connectivity index (χ1) is 7.15. The van der Waals surface area contributed by atoms with Crippen molar-refractivity contribution in [1.29, 1.82) is 0 Å². The van der Waals surface area contributed by atoms with Crippen molar-refractivity contribution >= 4 is 23.4 Å². The Balaban J connectivity index is 2.74. The number of aromatic nitrogens is 1. The van der Waals surface area contributed by atoms with Crippen LogP contribution < -0.4 is 11.5 Å². The molecule has 0 saturated heterocycles. The second-order valence-corrected chi connectivity index (χ2v) is 4.29. The van der Waals surface area contributed by atoms with Crippen LogP contribution >= 0.6 is 11.8 Å². The van der Waals surface area contributed by atoms with Gasteiger partial charge >= 0.3 is 0 Å². The number of primary amides is 1. The molecule has 0 aliphatic rings. The van der Waals surface area contributed by atoms with E-state index in [9.17, 15) is 4.79 Å². The van der Waals surface area contributed by atoms with Crippen molar-refractivity contribution < 1.29 is 4.79 Å². The third-order valence-corrected chi connectivity index (χ3v) is 2.93. The average Bonchev–Trinajstić information content (AvgIpc) is 2.20. The van der Waals surface area contributed by atoms with E-state index in [1.54, 1.807) is 17.8 Å². The summed E-state index contributed by atoms with van der Waals surface area (Å²) in [7, 11) is 0. The molecule has 0 bridgehead atoms. The van der Waals surface area contributed by atoms with Crippen molar-refractivity contribution in [3.63, 3.8) is 0 Å². The van der Waals surface area contributed by atoms with Crippen molar-refractivity contribution in [2.24, 2.45) is 5.73 Å². The van der Waals surface area contributed by atoms with Crippen LogP contribution in [0.1, 0.15) is 30.1 Å². The summed E-state index contributed by atoms with van der Waals surface area (Å²) < 4.78 is 0. The Bertz CT molecular complexity index is 355. The van der Waals surface area contributed by atoms with Crippen LogP contribution in [0.3, 0.4) is 0 Å². The van der Waals surface area contributed by atoms with Gasteiger partial charge in [-0.05, 0) is 18.2 Å². The van der Waals surface area contributed by atoms with Gasteiger partial charge in [-0.25, -0.2) is 4.98 Å². The van der Waals surface area contributed by atoms with Crippen LogP contribution in [0.5, 0.6) is 0 Å². The van der Waals surface area contributed by atoms with Gasteiger partial charge in [0.1, 0.15) is 0 Å². The highest BCUT2D eigenvalue weighted by Gasteiger charge is 2.07. The van der Waals surface area contributed by atoms with Gasteiger partial charge in [0.15, 0.2) is 0 Å². The Morgan fingerprint density at radius 2 is 2.33 bits per heavy atom. The summed E-state index contributed by atoms with van der Waals surface area (Å²) in [4.78, 5) is 15.1. The van der Waals surface area contributed by atoms with E-state index in [1.165, 1.54) is 6.20 Å². The van der Waals surface area contributed by atoms with Gasteiger partial charge in [-0.3, -0.25) is 4.79 Å². The van der Waals surface area contributed by atoms with Gasteiger partial charge in [0.25, 0.3) is 5.91 Å². The highest BCUT2D eigenvalue weighted by molar-refractivity contribution is 7.99. The monoisotopic (exact) mass is 225 g/mol. The molecule has 1 aromatic heterocycles. The summed E-state index contributed by atoms with van der Waals surface area (Å²) in [6.45, 7) is 2.13. The Morgan fingerprint density at radius 1 is 1.60 bits per heavy atom. The van der Waals surface area contributed by atoms with E-state index in [4.69, 9.17) is 11.5 Å². The molecule has 1 heterocycles. The Hall–Kier alpha value is -1.23. The number of carbonyl (C=O) groups is 1. The summed E-state index contributed by atoms with van der Waals surface area (Å²) in [5, 5.41) is 0.798. The number of nitrogen functional groups attached to an aromatic ring is 1. The molecule has 0 fully saturated rings. The first-order valence-corrected chi connectivity index (χ1v) is 5.81. The van der Waals surface area contributed by atoms with Crippen LogP contribution in [0.25, 0.3) is 0 Å². The number of nitrogens with two attached hydrogens (primary N) is 2. The van der Waals surface area contributed by atoms with Crippen molar-refractivity contribution in [2.75, 3.05) is 11.5 Å². The maximum atomic E-state index is 11.0. The van der Waals surface area contributed by atoms with E-state index in [0.29, 0.717) is 11.3 Å². The lowest BCUT2D eigenvalue weighted by atomic mass is 10.2. The van der Waals surface area contributed by atoms with Crippen molar-refractivity contribution in [3.05, 3.63) is 17.8 Å². The van der Waals surface area contributed by atoms with Gasteiger partial charge in [-0.2, -0.15) is 0 Å². The summed E-state index contributed by atoms with van der Waals surface area (Å²) in [6, 6.07) is 1.65. The zero-order valence-corrected chi connectivity index (χ0v) is 9.51. The van der Waals surface area contributed by atoms with Crippen molar-refractivity contribution in [2.45, 2.75) is 24.8 Å². The van der Waals surface area contributed by atoms with Gasteiger partial charge in [0.05, 0.1) is 22.5 Å². The molecule has 0 spiro atoms. The van der Waals surface area contributed by atoms with E-state index >= 15 is 0 Å². The fourth-order valence-electron chi connectivity index (χ4n) is 1.06. The van der Waals surface area contributed by atoms with Crippen LogP contribution in [-0.4, -0.2) is 16.6 Å². The second-order valence-electron chi connectivity index (χ2n) is 3.18. The third kappa shape index (κ3) is 3.43. The molecule has 4 N–H and O–H groups in total. The first-order valence-electron chi connectivity index (χ1n) is 4.83. The van der Waals surface area contributed by atoms with E-state index in [2.05, 4.69) is 11.9 Å². The maximum Gasteiger partial charge on any atom is 0.250 e. The second kappa shape index (κ2) is 5.60. The predicted octanol–water partition coefficient (Wildman–Crippen LogP) is 1.65. The number of unbranched alkanes of at least 4 members (excludes halogenated alkanes) is 1. The van der Waals surface area contributed by atoms with Gasteiger partial charge in [-0.15, -0.1) is 11.8 Å². The van der Waals surface area contributed by atoms with Gasteiger partial charge < -0.3 is 11.5 Å². The Kier molecular flexibility index (Phi) is 4.42. The highest BCUT2D eigenvalue weighted by Crippen LogP contribution is 2.20. The number of nitrogens with zero attached hydrogens (tertiary/aromatic N) is 1. The Labute approximate surface area is 93.4 Å². The molecule has 0 aliphatic heterocycles. The van der Waals surface area contributed by atoms with Crippen LogP contribution in [0, 0.1) is 0 Å². The minimum atomic E-state index is -0.507. The molecule has 82 valence electrons. The number of pyridine rings is 1. The molecule has 1 aromatic rings. The first kappa shape index (κ1) is 11.8. The molecule has 0 unspecified atom stereocenters. The molecule has 1 rings (SSSR count). The summed E-state index contributed by atoms with van der Waals surface area (Å²) >= 11 is 1.61. The highest BCUT2D eigenvalue weighted by atomic mass is 32.2. The standard InChI is InChI=1S/C10H15N3OS/c1-2-3-4-15-9-5-7(10(12)14)8(11)6-13-9/h5-6H,2-4,11H2,1H3,(H2,12,14). The average molecular weight is 225 g/mol. The fraction of sp³-hybridized carbons (Fsp3) is 0.400. The molecule has 0 saturated carbocycles. The molecule has 4 nitrogen and oxygen atoms in total. The maximum absolute atomic E-state index is 11.0. The number of carbonyl (C=O) groups excluding carboxylic acids is 1. The molecule has 5 heteroatoms. The largest absolute Gasteiger partial charge is 0.397 e. The lowest BCUT2D eigenvalue weighted by Gasteiger charge is -2.04. The molecule has 0 aromatic carbocycles. The van der Waals surface area contributed by atoms with E-state index in [0.717, 1.165) is 23.6 Å². The van der Waals surface area contributed by atoms with Crippen LogP contribution in [0.2, 0.25) is 0 Å². The zero-order valence-electron chi connectivity index (χ0n) is 8.69. The van der Waals surface area contributed by atoms with Crippen LogP contribution in [0.4, 0.5) is 5.69 Å². The molecule has 0 aliphatic carbocycles. The lowest BCUT2D eigenvalue weighted by Crippen LogP contribution is -2.13. The van der Waals surface area contributed by atoms with Crippen molar-refractivity contribution in [3.8, 4) is 0 Å². The SMILES string of the molecule is CCCCSc1cc(C(N)=O)c(N)cn1. The fourth-order valence-corrected chi connectivity index (χ4v) is 2.03. The molecule has 0 atom stereocenters. The number of anilines is 1. The Morgan fingerprint density at radius 3 is 2.93 bits per heavy atom. The number of hydrogen-bond acceptors (Lipinski definition) is 4. The number of rotatable bonds is 5.